The molecule has 0 saturated heterocycles. The number of rotatable bonds is 5. The second-order valence-electron chi connectivity index (χ2n) is 6.27. The molecule has 2 amide bonds. The van der Waals surface area contributed by atoms with Crippen molar-refractivity contribution in [1.29, 1.82) is 0 Å². The summed E-state index contributed by atoms with van der Waals surface area (Å²) in [5.41, 5.74) is -0.891. The summed E-state index contributed by atoms with van der Waals surface area (Å²) in [6.45, 7) is 0. The van der Waals surface area contributed by atoms with Gasteiger partial charge in [0.25, 0.3) is 11.4 Å². The monoisotopic (exact) mass is 351 g/mol. The first-order chi connectivity index (χ1) is 11.8. The molecule has 1 aliphatic carbocycles. The topological polar surface area (TPSA) is 131 Å². The van der Waals surface area contributed by atoms with E-state index in [9.17, 15) is 25.0 Å². The lowest BCUT2D eigenvalue weighted by molar-refractivity contribution is -0.394. The largest absolute Gasteiger partial charge is 0.334 e. The fraction of sp³-hybridized carbons (Fsp3) is 0.533. The number of nitrogens with zero attached hydrogens (tertiary/aromatic N) is 3. The van der Waals surface area contributed by atoms with Gasteiger partial charge in [0, 0.05) is 24.2 Å². The van der Waals surface area contributed by atoms with Crippen LogP contribution < -0.4 is 10.6 Å². The molecule has 1 saturated carbocycles. The first-order valence-corrected chi connectivity index (χ1v) is 7.95. The average Bonchev–Trinajstić information content (AvgIpc) is 2.54. The van der Waals surface area contributed by atoms with E-state index in [0.717, 1.165) is 43.9 Å². The van der Waals surface area contributed by atoms with Crippen molar-refractivity contribution in [2.24, 2.45) is 0 Å². The summed E-state index contributed by atoms with van der Waals surface area (Å²) in [4.78, 5) is 34.6. The standard InChI is InChI=1S/C15H21N5O5/c1-18(2)14-6-4-3-5-13(14)17-15(21)16-10-7-11(19(22)23)9-12(8-10)20(24)25/h7-9,13-14H,3-6H2,1-2H3,(H2,16,17,21)/t13-,14-/m1/s1. The zero-order chi connectivity index (χ0) is 18.6. The third-order valence-electron chi connectivity index (χ3n) is 4.29. The van der Waals surface area contributed by atoms with Gasteiger partial charge in [-0.25, -0.2) is 4.79 Å². The minimum atomic E-state index is -0.737. The summed E-state index contributed by atoms with van der Waals surface area (Å²) in [5, 5.41) is 27.1. The molecule has 1 aliphatic rings. The van der Waals surface area contributed by atoms with Crippen LogP contribution in [-0.4, -0.2) is 47.0 Å². The van der Waals surface area contributed by atoms with Crippen molar-refractivity contribution in [2.75, 3.05) is 19.4 Å². The number of hydrogen-bond acceptors (Lipinski definition) is 6. The normalized spacial score (nSPS) is 20.1. The van der Waals surface area contributed by atoms with Crippen LogP contribution >= 0.6 is 0 Å². The summed E-state index contributed by atoms with van der Waals surface area (Å²) in [7, 11) is 3.90. The van der Waals surface area contributed by atoms with E-state index in [1.54, 1.807) is 0 Å². The van der Waals surface area contributed by atoms with E-state index in [1.807, 2.05) is 14.1 Å². The quantitative estimate of drug-likeness (QED) is 0.619. The van der Waals surface area contributed by atoms with Gasteiger partial charge in [-0.1, -0.05) is 12.8 Å². The minimum Gasteiger partial charge on any atom is -0.334 e. The number of nitro benzene ring substituents is 2. The molecule has 0 aliphatic heterocycles. The molecular weight excluding hydrogens is 330 g/mol. The number of non-ortho nitro benzene ring substituents is 2. The van der Waals surface area contributed by atoms with Gasteiger partial charge in [0.2, 0.25) is 0 Å². The van der Waals surface area contributed by atoms with E-state index < -0.39 is 27.3 Å². The number of anilines is 1. The summed E-state index contributed by atoms with van der Waals surface area (Å²) in [6, 6.07) is 2.67. The Bertz CT molecular complexity index is 646. The molecule has 1 fully saturated rings. The van der Waals surface area contributed by atoms with E-state index >= 15 is 0 Å². The number of benzene rings is 1. The predicted molar refractivity (Wildman–Crippen MR) is 91.6 cm³/mol. The number of nitrogens with one attached hydrogen (secondary N) is 2. The fourth-order valence-electron chi connectivity index (χ4n) is 3.11. The van der Waals surface area contributed by atoms with Gasteiger partial charge >= 0.3 is 6.03 Å². The molecule has 136 valence electrons. The Hall–Kier alpha value is -2.75. The van der Waals surface area contributed by atoms with E-state index in [1.165, 1.54) is 0 Å². The molecule has 25 heavy (non-hydrogen) atoms. The Morgan fingerprint density at radius 3 is 2.16 bits per heavy atom. The number of likely N-dealkylation sites (N-methyl/N-ethyl adjacent to an activating group) is 1. The Morgan fingerprint density at radius 2 is 1.64 bits per heavy atom. The van der Waals surface area contributed by atoms with Crippen molar-refractivity contribution in [1.82, 2.24) is 10.2 Å². The molecule has 1 aromatic rings. The third kappa shape index (κ3) is 4.86. The average molecular weight is 351 g/mol. The molecule has 0 bridgehead atoms. The lowest BCUT2D eigenvalue weighted by atomic mass is 9.89. The molecular formula is C15H21N5O5. The summed E-state index contributed by atoms with van der Waals surface area (Å²) < 4.78 is 0. The van der Waals surface area contributed by atoms with E-state index in [4.69, 9.17) is 0 Å². The fourth-order valence-corrected chi connectivity index (χ4v) is 3.11. The second-order valence-corrected chi connectivity index (χ2v) is 6.27. The van der Waals surface area contributed by atoms with Crippen molar-refractivity contribution >= 4 is 23.1 Å². The Morgan fingerprint density at radius 1 is 1.08 bits per heavy atom. The van der Waals surface area contributed by atoms with Crippen LogP contribution in [0.25, 0.3) is 0 Å². The van der Waals surface area contributed by atoms with E-state index in [-0.39, 0.29) is 17.8 Å². The third-order valence-corrected chi connectivity index (χ3v) is 4.29. The van der Waals surface area contributed by atoms with Crippen molar-refractivity contribution in [3.8, 4) is 0 Å². The lowest BCUT2D eigenvalue weighted by Gasteiger charge is -2.36. The van der Waals surface area contributed by atoms with Crippen LogP contribution in [0.2, 0.25) is 0 Å². The number of amides is 2. The highest BCUT2D eigenvalue weighted by Gasteiger charge is 2.28. The van der Waals surface area contributed by atoms with E-state index in [2.05, 4.69) is 15.5 Å². The number of urea groups is 1. The van der Waals surface area contributed by atoms with Crippen molar-refractivity contribution in [2.45, 2.75) is 37.8 Å². The number of nitro groups is 2. The van der Waals surface area contributed by atoms with Gasteiger partial charge in [-0.3, -0.25) is 20.2 Å². The molecule has 0 unspecified atom stereocenters. The van der Waals surface area contributed by atoms with Gasteiger partial charge in [-0.05, 0) is 26.9 Å². The Balaban J connectivity index is 2.11. The van der Waals surface area contributed by atoms with Crippen LogP contribution in [0.5, 0.6) is 0 Å². The predicted octanol–water partition coefficient (Wildman–Crippen LogP) is 2.50. The smallest absolute Gasteiger partial charge is 0.319 e. The van der Waals surface area contributed by atoms with Gasteiger partial charge in [0.1, 0.15) is 0 Å². The molecule has 0 radical (unpaired) electrons. The molecule has 1 aromatic carbocycles. The molecule has 2 rings (SSSR count). The summed E-state index contributed by atoms with van der Waals surface area (Å²) in [6.07, 6.45) is 3.92. The minimum absolute atomic E-state index is 0.00983. The van der Waals surface area contributed by atoms with Crippen LogP contribution in [-0.2, 0) is 0 Å². The molecule has 10 heteroatoms. The van der Waals surface area contributed by atoms with Crippen LogP contribution in [0.4, 0.5) is 21.9 Å². The molecule has 2 atom stereocenters. The Labute approximate surface area is 144 Å². The SMILES string of the molecule is CN(C)[C@@H]1CCCC[C@H]1NC(=O)Nc1cc([N+](=O)[O-])cc([N+](=O)[O-])c1. The van der Waals surface area contributed by atoms with Crippen molar-refractivity contribution in [3.63, 3.8) is 0 Å². The highest BCUT2D eigenvalue weighted by molar-refractivity contribution is 5.90. The molecule has 10 nitrogen and oxygen atoms in total. The van der Waals surface area contributed by atoms with E-state index in [0.29, 0.717) is 0 Å². The number of hydrogen-bond donors (Lipinski definition) is 2. The molecule has 0 aromatic heterocycles. The van der Waals surface area contributed by atoms with Crippen molar-refractivity contribution < 1.29 is 14.6 Å². The lowest BCUT2D eigenvalue weighted by Crippen LogP contribution is -2.52. The highest BCUT2D eigenvalue weighted by atomic mass is 16.6. The van der Waals surface area contributed by atoms with Crippen LogP contribution in [0.1, 0.15) is 25.7 Å². The number of carbonyl (C=O) groups excluding carboxylic acids is 1. The highest BCUT2D eigenvalue weighted by Crippen LogP contribution is 2.26. The van der Waals surface area contributed by atoms with Gasteiger partial charge in [0.05, 0.1) is 21.6 Å². The first-order valence-electron chi connectivity index (χ1n) is 7.95. The van der Waals surface area contributed by atoms with Gasteiger partial charge in [0.15, 0.2) is 0 Å². The maximum absolute atomic E-state index is 12.2. The van der Waals surface area contributed by atoms with Gasteiger partial charge in [-0.15, -0.1) is 0 Å². The van der Waals surface area contributed by atoms with Crippen LogP contribution in [0, 0.1) is 20.2 Å². The zero-order valence-electron chi connectivity index (χ0n) is 14.1. The number of carbonyl (C=O) groups is 1. The molecule has 0 heterocycles. The maximum atomic E-state index is 12.2. The van der Waals surface area contributed by atoms with Crippen molar-refractivity contribution in [3.05, 3.63) is 38.4 Å². The van der Waals surface area contributed by atoms with Crippen LogP contribution in [0.3, 0.4) is 0 Å². The van der Waals surface area contributed by atoms with Crippen LogP contribution in [0.15, 0.2) is 18.2 Å². The second kappa shape index (κ2) is 7.88. The summed E-state index contributed by atoms with van der Waals surface area (Å²) in [5.74, 6) is 0. The maximum Gasteiger partial charge on any atom is 0.319 e. The zero-order valence-corrected chi connectivity index (χ0v) is 14.1. The Kier molecular flexibility index (Phi) is 5.86. The molecule has 2 N–H and O–H groups in total. The first kappa shape index (κ1) is 18.6. The van der Waals surface area contributed by atoms with Gasteiger partial charge in [-0.2, -0.15) is 0 Å². The summed E-state index contributed by atoms with van der Waals surface area (Å²) >= 11 is 0. The molecule has 0 spiro atoms. The van der Waals surface area contributed by atoms with Gasteiger partial charge < -0.3 is 15.5 Å².